The molecule has 0 aromatic rings. The molecular weight excluding hydrogens is 236 g/mol. The normalized spacial score (nSPS) is 20.2. The number of hydrogen-bond donors (Lipinski definition) is 1. The van der Waals surface area contributed by atoms with Crippen molar-refractivity contribution in [1.29, 1.82) is 0 Å². The first-order valence-electron chi connectivity index (χ1n) is 6.09. The average molecular weight is 258 g/mol. The third-order valence-electron chi connectivity index (χ3n) is 2.60. The maximum atomic E-state index is 11.7. The minimum atomic E-state index is -0.579. The van der Waals surface area contributed by atoms with Gasteiger partial charge < -0.3 is 19.6 Å². The minimum Gasteiger partial charge on any atom is -0.444 e. The minimum absolute atomic E-state index is 0.0694. The van der Waals surface area contributed by atoms with E-state index in [1.807, 2.05) is 0 Å². The molecule has 1 heterocycles. The number of nitrogens with zero attached hydrogens (tertiary/aromatic N) is 2. The second-order valence-electron chi connectivity index (χ2n) is 5.60. The molecule has 0 saturated carbocycles. The van der Waals surface area contributed by atoms with Gasteiger partial charge in [-0.3, -0.25) is 4.79 Å². The molecule has 0 radical (unpaired) electrons. The predicted molar refractivity (Wildman–Crippen MR) is 66.1 cm³/mol. The summed E-state index contributed by atoms with van der Waals surface area (Å²) in [4.78, 5) is 26.1. The van der Waals surface area contributed by atoms with Crippen molar-refractivity contribution in [3.63, 3.8) is 0 Å². The first-order valence-corrected chi connectivity index (χ1v) is 6.09. The molecule has 0 spiro atoms. The van der Waals surface area contributed by atoms with Crippen LogP contribution in [0, 0.1) is 0 Å². The first-order chi connectivity index (χ1) is 8.19. The van der Waals surface area contributed by atoms with Crippen LogP contribution in [0.5, 0.6) is 0 Å². The van der Waals surface area contributed by atoms with Gasteiger partial charge in [0.2, 0.25) is 5.91 Å². The van der Waals surface area contributed by atoms with Crippen molar-refractivity contribution in [2.24, 2.45) is 0 Å². The molecule has 104 valence electrons. The molecule has 1 aliphatic heterocycles. The molecule has 1 N–H and O–H groups in total. The van der Waals surface area contributed by atoms with E-state index in [0.717, 1.165) is 0 Å². The third kappa shape index (κ3) is 4.52. The molecule has 1 rings (SSSR count). The Morgan fingerprint density at radius 2 is 2.17 bits per heavy atom. The van der Waals surface area contributed by atoms with Crippen molar-refractivity contribution in [3.05, 3.63) is 0 Å². The van der Waals surface area contributed by atoms with Crippen molar-refractivity contribution in [1.82, 2.24) is 9.80 Å². The van der Waals surface area contributed by atoms with Gasteiger partial charge in [0.25, 0.3) is 0 Å². The van der Waals surface area contributed by atoms with Crippen LogP contribution in [-0.4, -0.2) is 65.3 Å². The maximum absolute atomic E-state index is 11.7. The van der Waals surface area contributed by atoms with Gasteiger partial charge in [0.05, 0.1) is 12.5 Å². The van der Waals surface area contributed by atoms with Crippen LogP contribution in [0.2, 0.25) is 0 Å². The largest absolute Gasteiger partial charge is 0.444 e. The smallest absolute Gasteiger partial charge is 0.410 e. The zero-order valence-electron chi connectivity index (χ0n) is 11.5. The Hall–Kier alpha value is -1.30. The summed E-state index contributed by atoms with van der Waals surface area (Å²) < 4.78 is 5.20. The van der Waals surface area contributed by atoms with E-state index in [0.29, 0.717) is 19.6 Å². The lowest BCUT2D eigenvalue weighted by Crippen LogP contribution is -2.39. The number of likely N-dealkylation sites (tertiary alicyclic amines) is 1. The van der Waals surface area contributed by atoms with Gasteiger partial charge in [0, 0.05) is 26.7 Å². The maximum Gasteiger partial charge on any atom is 0.410 e. The summed E-state index contributed by atoms with van der Waals surface area (Å²) in [6, 6.07) is 0. The SMILES string of the molecule is CN(CCN1CC(O)CC1=O)C(=O)OC(C)(C)C. The highest BCUT2D eigenvalue weighted by atomic mass is 16.6. The zero-order valence-corrected chi connectivity index (χ0v) is 11.5. The van der Waals surface area contributed by atoms with Crippen molar-refractivity contribution in [2.75, 3.05) is 26.7 Å². The summed E-state index contributed by atoms with van der Waals surface area (Å²) in [6.45, 7) is 6.58. The van der Waals surface area contributed by atoms with Crippen LogP contribution < -0.4 is 0 Å². The van der Waals surface area contributed by atoms with Gasteiger partial charge in [-0.1, -0.05) is 0 Å². The van der Waals surface area contributed by atoms with Crippen molar-refractivity contribution >= 4 is 12.0 Å². The highest BCUT2D eigenvalue weighted by Gasteiger charge is 2.28. The molecule has 6 nitrogen and oxygen atoms in total. The van der Waals surface area contributed by atoms with Gasteiger partial charge in [-0.25, -0.2) is 4.79 Å². The summed E-state index contributed by atoms with van der Waals surface area (Å²) in [5.74, 6) is -0.0694. The predicted octanol–water partition coefficient (Wildman–Crippen LogP) is 0.446. The fourth-order valence-electron chi connectivity index (χ4n) is 1.67. The topological polar surface area (TPSA) is 70.1 Å². The Morgan fingerprint density at radius 3 is 2.61 bits per heavy atom. The van der Waals surface area contributed by atoms with Crippen molar-refractivity contribution in [2.45, 2.75) is 38.9 Å². The van der Waals surface area contributed by atoms with Crippen LogP contribution >= 0.6 is 0 Å². The number of amides is 2. The molecule has 18 heavy (non-hydrogen) atoms. The van der Waals surface area contributed by atoms with E-state index in [1.54, 1.807) is 32.7 Å². The zero-order chi connectivity index (χ0) is 13.9. The van der Waals surface area contributed by atoms with Crippen molar-refractivity contribution in [3.8, 4) is 0 Å². The molecule has 0 bridgehead atoms. The number of ether oxygens (including phenoxy) is 1. The Kier molecular flexibility index (Phi) is 4.56. The van der Waals surface area contributed by atoms with Crippen LogP contribution in [0.1, 0.15) is 27.2 Å². The summed E-state index contributed by atoms with van der Waals surface area (Å²) in [5, 5.41) is 9.33. The molecule has 1 aliphatic rings. The standard InChI is InChI=1S/C12H22N2O4/c1-12(2,3)18-11(17)13(4)5-6-14-8-9(15)7-10(14)16/h9,15H,5-8H2,1-4H3. The van der Waals surface area contributed by atoms with E-state index in [1.165, 1.54) is 4.90 Å². The Labute approximate surface area is 107 Å². The lowest BCUT2D eigenvalue weighted by molar-refractivity contribution is -0.127. The molecule has 0 aromatic heterocycles. The fraction of sp³-hybridized carbons (Fsp3) is 0.833. The first kappa shape index (κ1) is 14.8. The molecular formula is C12H22N2O4. The number of aliphatic hydroxyl groups is 1. The number of carbonyl (C=O) groups excluding carboxylic acids is 2. The average Bonchev–Trinajstić information content (AvgIpc) is 2.51. The lowest BCUT2D eigenvalue weighted by Gasteiger charge is -2.26. The van der Waals surface area contributed by atoms with Gasteiger partial charge in [-0.2, -0.15) is 0 Å². The van der Waals surface area contributed by atoms with Gasteiger partial charge >= 0.3 is 6.09 Å². The molecule has 2 amide bonds. The number of hydrogen-bond acceptors (Lipinski definition) is 4. The number of likely N-dealkylation sites (N-methyl/N-ethyl adjacent to an activating group) is 1. The van der Waals surface area contributed by atoms with E-state index in [4.69, 9.17) is 4.74 Å². The van der Waals surface area contributed by atoms with Crippen LogP contribution in [0.15, 0.2) is 0 Å². The highest BCUT2D eigenvalue weighted by Crippen LogP contribution is 2.11. The molecule has 1 atom stereocenters. The molecule has 1 fully saturated rings. The van der Waals surface area contributed by atoms with E-state index >= 15 is 0 Å². The lowest BCUT2D eigenvalue weighted by atomic mass is 10.2. The second kappa shape index (κ2) is 5.56. The fourth-order valence-corrected chi connectivity index (χ4v) is 1.67. The summed E-state index contributed by atoms with van der Waals surface area (Å²) >= 11 is 0. The molecule has 1 saturated heterocycles. The van der Waals surface area contributed by atoms with Gasteiger partial charge in [-0.05, 0) is 20.8 Å². The van der Waals surface area contributed by atoms with E-state index in [-0.39, 0.29) is 12.3 Å². The van der Waals surface area contributed by atoms with Crippen LogP contribution in [0.4, 0.5) is 4.79 Å². The summed E-state index contributed by atoms with van der Waals surface area (Å²) in [5.41, 5.74) is -0.523. The Morgan fingerprint density at radius 1 is 1.56 bits per heavy atom. The van der Waals surface area contributed by atoms with Gasteiger partial charge in [0.15, 0.2) is 0 Å². The molecule has 6 heteroatoms. The molecule has 0 aliphatic carbocycles. The second-order valence-corrected chi connectivity index (χ2v) is 5.60. The monoisotopic (exact) mass is 258 g/mol. The Balaban J connectivity index is 2.35. The highest BCUT2D eigenvalue weighted by molar-refractivity contribution is 5.79. The van der Waals surface area contributed by atoms with Gasteiger partial charge in [0.1, 0.15) is 5.60 Å². The molecule has 1 unspecified atom stereocenters. The summed E-state index contributed by atoms with van der Waals surface area (Å²) in [7, 11) is 1.63. The van der Waals surface area contributed by atoms with E-state index in [9.17, 15) is 14.7 Å². The van der Waals surface area contributed by atoms with E-state index < -0.39 is 17.8 Å². The van der Waals surface area contributed by atoms with E-state index in [2.05, 4.69) is 0 Å². The Bertz CT molecular complexity index is 325. The van der Waals surface area contributed by atoms with Crippen LogP contribution in [0.3, 0.4) is 0 Å². The van der Waals surface area contributed by atoms with Gasteiger partial charge in [-0.15, -0.1) is 0 Å². The molecule has 0 aromatic carbocycles. The van der Waals surface area contributed by atoms with Crippen LogP contribution in [0.25, 0.3) is 0 Å². The number of aliphatic hydroxyl groups excluding tert-OH is 1. The quantitative estimate of drug-likeness (QED) is 0.797. The number of β-amino-alcohol motifs (C(OH)–C–C–N with tert-alkyl or cyclic N) is 1. The number of rotatable bonds is 3. The van der Waals surface area contributed by atoms with Crippen LogP contribution in [-0.2, 0) is 9.53 Å². The number of carbonyl (C=O) groups is 2. The van der Waals surface area contributed by atoms with Crippen molar-refractivity contribution < 1.29 is 19.4 Å². The third-order valence-corrected chi connectivity index (χ3v) is 2.60. The summed E-state index contributed by atoms with van der Waals surface area (Å²) in [6.07, 6.45) is -0.810.